The van der Waals surface area contributed by atoms with Gasteiger partial charge < -0.3 is 41.2 Å². The molecule has 0 saturated heterocycles. The highest BCUT2D eigenvalue weighted by Crippen LogP contribution is 2.34. The second-order valence-corrected chi connectivity index (χ2v) is 19.7. The SMILES string of the molecule is C/C=C/B(O)O.C/C=C/c1c(C)cccc1C(=O)NC1(C(=O)O)Cc2ccc(Br)cc2C1.C/C=C/c1c(C)cccc1C(=O)O.CCOC(=O)C1(N)Cc2ccc(Br)cc2C1.Cc1cccc(C(=O)O)c1I. The quantitative estimate of drug-likeness (QED) is 0.0393. The predicted molar refractivity (Wildman–Crippen MR) is 299 cm³/mol. The zero-order valence-corrected chi connectivity index (χ0v) is 46.5. The van der Waals surface area contributed by atoms with Crippen LogP contribution in [0, 0.1) is 24.3 Å². The van der Waals surface area contributed by atoms with Crippen molar-refractivity contribution in [2.45, 2.75) is 85.2 Å². The van der Waals surface area contributed by atoms with Crippen molar-refractivity contribution < 1.29 is 54.1 Å². The van der Waals surface area contributed by atoms with Crippen molar-refractivity contribution >= 4 is 104 Å². The second kappa shape index (κ2) is 28.5. The molecule has 17 heteroatoms. The highest BCUT2D eigenvalue weighted by Gasteiger charge is 2.46. The molecule has 0 fully saturated rings. The van der Waals surface area contributed by atoms with Crippen LogP contribution in [-0.4, -0.2) is 80.0 Å². The number of benzene rings is 5. The Labute approximate surface area is 451 Å². The molecule has 2 atom stereocenters. The number of fused-ring (bicyclic) bond motifs is 2. The van der Waals surface area contributed by atoms with Gasteiger partial charge in [-0.25, -0.2) is 14.4 Å². The zero-order valence-electron chi connectivity index (χ0n) is 41.1. The third kappa shape index (κ3) is 16.9. The smallest absolute Gasteiger partial charge is 0.479 e. The minimum Gasteiger partial charge on any atom is -0.479 e. The number of carboxylic acid groups (broad SMARTS) is 3. The van der Waals surface area contributed by atoms with Gasteiger partial charge in [0.2, 0.25) is 0 Å². The number of amides is 1. The summed E-state index contributed by atoms with van der Waals surface area (Å²) in [6.07, 6.45) is 10.6. The van der Waals surface area contributed by atoms with E-state index in [1.807, 2.05) is 142 Å². The van der Waals surface area contributed by atoms with Gasteiger partial charge in [0.25, 0.3) is 5.91 Å². The molecular formula is C55H60BBr2IN2O11. The molecule has 380 valence electrons. The van der Waals surface area contributed by atoms with E-state index in [-0.39, 0.29) is 24.7 Å². The van der Waals surface area contributed by atoms with Crippen LogP contribution < -0.4 is 11.1 Å². The van der Waals surface area contributed by atoms with Gasteiger partial charge in [0.15, 0.2) is 0 Å². The summed E-state index contributed by atoms with van der Waals surface area (Å²) in [6, 6.07) is 27.7. The molecule has 0 aromatic heterocycles. The molecule has 8 N–H and O–H groups in total. The van der Waals surface area contributed by atoms with E-state index in [4.69, 9.17) is 30.7 Å². The van der Waals surface area contributed by atoms with Crippen LogP contribution in [0.5, 0.6) is 0 Å². The fourth-order valence-corrected chi connectivity index (χ4v) is 9.23. The molecule has 5 aromatic carbocycles. The number of aliphatic carboxylic acids is 1. The molecule has 0 radical (unpaired) electrons. The monoisotopic (exact) mass is 1220 g/mol. The number of nitrogens with two attached hydrogens (primary N) is 1. The van der Waals surface area contributed by atoms with Crippen LogP contribution >= 0.6 is 54.5 Å². The number of carbonyl (C=O) groups excluding carboxylic acids is 2. The number of hydrogen-bond acceptors (Lipinski definition) is 9. The molecular weight excluding hydrogens is 1160 g/mol. The number of carbonyl (C=O) groups is 5. The lowest BCUT2D eigenvalue weighted by molar-refractivity contribution is -0.149. The third-order valence-electron chi connectivity index (χ3n) is 11.4. The Morgan fingerprint density at radius 2 is 1.11 bits per heavy atom. The van der Waals surface area contributed by atoms with Crippen molar-refractivity contribution in [2.75, 3.05) is 6.61 Å². The van der Waals surface area contributed by atoms with E-state index in [9.17, 15) is 29.1 Å². The summed E-state index contributed by atoms with van der Waals surface area (Å²) in [5.41, 5.74) is 13.9. The summed E-state index contributed by atoms with van der Waals surface area (Å²) in [5, 5.41) is 46.3. The molecule has 0 heterocycles. The van der Waals surface area contributed by atoms with E-state index in [0.29, 0.717) is 36.1 Å². The van der Waals surface area contributed by atoms with Gasteiger partial charge in [-0.2, -0.15) is 0 Å². The van der Waals surface area contributed by atoms with Crippen molar-refractivity contribution in [3.8, 4) is 0 Å². The van der Waals surface area contributed by atoms with Crippen LogP contribution in [0.2, 0.25) is 0 Å². The Morgan fingerprint density at radius 1 is 0.667 bits per heavy atom. The number of halogens is 3. The average molecular weight is 1220 g/mol. The number of hydrogen-bond donors (Lipinski definition) is 7. The van der Waals surface area contributed by atoms with Gasteiger partial charge in [-0.05, 0) is 164 Å². The van der Waals surface area contributed by atoms with Gasteiger partial charge in [0.05, 0.1) is 17.7 Å². The molecule has 0 saturated carbocycles. The zero-order chi connectivity index (χ0) is 53.9. The Bertz CT molecular complexity index is 2850. The molecule has 13 nitrogen and oxygen atoms in total. The van der Waals surface area contributed by atoms with Crippen molar-refractivity contribution in [3.05, 3.63) is 194 Å². The lowest BCUT2D eigenvalue weighted by Gasteiger charge is -2.26. The van der Waals surface area contributed by atoms with Gasteiger partial charge in [-0.15, -0.1) is 0 Å². The molecule has 0 spiro atoms. The number of rotatable bonds is 10. The summed E-state index contributed by atoms with van der Waals surface area (Å²) in [5.74, 6) is -2.15. The second-order valence-electron chi connectivity index (χ2n) is 16.8. The number of aryl methyl sites for hydroxylation is 3. The van der Waals surface area contributed by atoms with Crippen LogP contribution in [0.25, 0.3) is 12.2 Å². The first-order valence-electron chi connectivity index (χ1n) is 22.7. The molecule has 2 aliphatic carbocycles. The standard InChI is InChI=1S/C21H20BrNO3.C12H14BrNO2.C11H12O2.C8H7IO2.C3H7BO2/c1-3-5-17-13(2)6-4-7-18(17)19(24)23-21(20(25)26)11-14-8-9-16(22)10-15(14)12-21;1-2-16-11(15)12(14)6-8-3-4-10(13)5-9(8)7-12;1-3-5-9-8(2)6-4-7-10(9)11(12)13;1-5-3-2-4-6(7(5)9)8(10)11;1-2-3-4(5)6/h3-10H,11-12H2,1-2H3,(H,23,24)(H,25,26);3-5H,2,6-7,14H2,1H3;3-7H,1-2H3,(H,12,13);2-4H,1H3,(H,10,11);2-3,5-6H,1H3/b5-3+;;5-3+;;3-2+. The Balaban J connectivity index is 0.000000257. The van der Waals surface area contributed by atoms with Crippen LogP contribution in [0.4, 0.5) is 0 Å². The Kier molecular flexibility index (Phi) is 24.0. The van der Waals surface area contributed by atoms with Crippen LogP contribution in [-0.2, 0) is 40.0 Å². The maximum atomic E-state index is 13.0. The van der Waals surface area contributed by atoms with E-state index in [0.717, 1.165) is 62.6 Å². The van der Waals surface area contributed by atoms with Crippen LogP contribution in [0.3, 0.4) is 0 Å². The molecule has 1 amide bonds. The van der Waals surface area contributed by atoms with Gasteiger partial charge in [-0.1, -0.05) is 117 Å². The van der Waals surface area contributed by atoms with E-state index in [1.54, 1.807) is 50.3 Å². The molecule has 72 heavy (non-hydrogen) atoms. The van der Waals surface area contributed by atoms with Crippen molar-refractivity contribution in [1.29, 1.82) is 0 Å². The Hall–Kier alpha value is -5.70. The first kappa shape index (κ1) is 60.6. The van der Waals surface area contributed by atoms with Gasteiger partial charge >= 0.3 is 31.0 Å². The lowest BCUT2D eigenvalue weighted by atomic mass is 9.92. The van der Waals surface area contributed by atoms with E-state index in [2.05, 4.69) is 37.2 Å². The van der Waals surface area contributed by atoms with Gasteiger partial charge in [-0.3, -0.25) is 9.59 Å². The fraction of sp³-hybridized carbons (Fsp3) is 0.255. The molecule has 0 aliphatic heterocycles. The molecule has 0 bridgehead atoms. The van der Waals surface area contributed by atoms with Crippen molar-refractivity contribution in [2.24, 2.45) is 5.73 Å². The van der Waals surface area contributed by atoms with Crippen LogP contribution in [0.15, 0.2) is 124 Å². The van der Waals surface area contributed by atoms with Crippen molar-refractivity contribution in [1.82, 2.24) is 5.32 Å². The predicted octanol–water partition coefficient (Wildman–Crippen LogP) is 10.5. The number of carboxylic acids is 3. The highest BCUT2D eigenvalue weighted by atomic mass is 127. The van der Waals surface area contributed by atoms with Crippen LogP contribution in [0.1, 0.15) is 109 Å². The topological polar surface area (TPSA) is 234 Å². The average Bonchev–Trinajstić information content (AvgIpc) is 3.86. The summed E-state index contributed by atoms with van der Waals surface area (Å²) in [6.45, 7) is 13.4. The minimum absolute atomic E-state index is 0.271. The van der Waals surface area contributed by atoms with Crippen molar-refractivity contribution in [3.63, 3.8) is 0 Å². The third-order valence-corrected chi connectivity index (χ3v) is 13.8. The first-order chi connectivity index (χ1) is 34.0. The van der Waals surface area contributed by atoms with E-state index >= 15 is 0 Å². The molecule has 5 aromatic rings. The fourth-order valence-electron chi connectivity index (χ4n) is 7.82. The summed E-state index contributed by atoms with van der Waals surface area (Å²) in [4.78, 5) is 58.2. The van der Waals surface area contributed by atoms with Gasteiger partial charge in [0.1, 0.15) is 11.1 Å². The largest absolute Gasteiger partial charge is 0.480 e. The molecule has 7 rings (SSSR count). The Morgan fingerprint density at radius 3 is 1.56 bits per heavy atom. The van der Waals surface area contributed by atoms with E-state index in [1.165, 1.54) is 5.98 Å². The number of aromatic carboxylic acids is 2. The highest BCUT2D eigenvalue weighted by molar-refractivity contribution is 14.1. The summed E-state index contributed by atoms with van der Waals surface area (Å²) >= 11 is 8.87. The number of allylic oxidation sites excluding steroid dienone is 3. The minimum atomic E-state index is -1.32. The molecule has 2 unspecified atom stereocenters. The maximum absolute atomic E-state index is 13.0. The lowest BCUT2D eigenvalue weighted by Crippen LogP contribution is -2.55. The number of nitrogens with one attached hydrogen (secondary N) is 1. The molecule has 2 aliphatic rings. The summed E-state index contributed by atoms with van der Waals surface area (Å²) < 4.78 is 7.75. The van der Waals surface area contributed by atoms with Gasteiger partial charge in [0, 0.05) is 43.8 Å². The maximum Gasteiger partial charge on any atom is 0.480 e. The number of ether oxygens (including phenoxy) is 1. The number of esters is 1. The normalized spacial score (nSPS) is 16.1. The van der Waals surface area contributed by atoms with E-state index < -0.39 is 36.1 Å². The summed E-state index contributed by atoms with van der Waals surface area (Å²) in [7, 11) is -1.28. The first-order valence-corrected chi connectivity index (χ1v) is 25.4.